The normalized spacial score (nSPS) is 24.2. The van der Waals surface area contributed by atoms with Crippen molar-refractivity contribution in [1.82, 2.24) is 4.90 Å². The molecule has 1 fully saturated rings. The van der Waals surface area contributed by atoms with E-state index in [1.807, 2.05) is 16.7 Å². The molecule has 0 radical (unpaired) electrons. The van der Waals surface area contributed by atoms with E-state index in [2.05, 4.69) is 13.8 Å². The Bertz CT molecular complexity index is 161. The van der Waals surface area contributed by atoms with Gasteiger partial charge in [0.1, 0.15) is 0 Å². The molecule has 0 saturated carbocycles. The fourth-order valence-corrected chi connectivity index (χ4v) is 2.47. The number of rotatable bonds is 2. The first-order chi connectivity index (χ1) is 5.75. The van der Waals surface area contributed by atoms with Crippen LogP contribution in [0.5, 0.6) is 0 Å². The molecule has 1 amide bonds. The topological polar surface area (TPSA) is 20.3 Å². The van der Waals surface area contributed by atoms with Crippen LogP contribution >= 0.6 is 11.8 Å². The second-order valence-electron chi connectivity index (χ2n) is 3.26. The molecule has 1 unspecified atom stereocenters. The van der Waals surface area contributed by atoms with Crippen molar-refractivity contribution in [3.8, 4) is 0 Å². The summed E-state index contributed by atoms with van der Waals surface area (Å²) in [7, 11) is 0. The highest BCUT2D eigenvalue weighted by Gasteiger charge is 2.22. The van der Waals surface area contributed by atoms with E-state index in [-0.39, 0.29) is 0 Å². The van der Waals surface area contributed by atoms with E-state index < -0.39 is 0 Å². The molecule has 1 aliphatic rings. The van der Waals surface area contributed by atoms with Gasteiger partial charge in [0.25, 0.3) is 0 Å². The number of nitrogens with zero attached hydrogens (tertiary/aromatic N) is 1. The second-order valence-corrected chi connectivity index (χ2v) is 4.41. The van der Waals surface area contributed by atoms with Gasteiger partial charge in [0.2, 0.25) is 5.91 Å². The predicted molar refractivity (Wildman–Crippen MR) is 53.4 cm³/mol. The first-order valence-electron chi connectivity index (χ1n) is 4.63. The fourth-order valence-electron chi connectivity index (χ4n) is 1.46. The molecule has 70 valence electrons. The molecule has 1 aliphatic heterocycles. The van der Waals surface area contributed by atoms with Gasteiger partial charge in [-0.05, 0) is 13.3 Å². The van der Waals surface area contributed by atoms with Crippen molar-refractivity contribution in [2.75, 3.05) is 18.1 Å². The molecule has 2 nitrogen and oxygen atoms in total. The molecule has 12 heavy (non-hydrogen) atoms. The van der Waals surface area contributed by atoms with Crippen LogP contribution in [-0.2, 0) is 4.79 Å². The number of carbonyl (C=O) groups is 1. The maximum absolute atomic E-state index is 11.5. The summed E-state index contributed by atoms with van der Waals surface area (Å²) in [4.78, 5) is 13.6. The lowest BCUT2D eigenvalue weighted by Gasteiger charge is -2.33. The molecular formula is C9H17NOS. The van der Waals surface area contributed by atoms with Gasteiger partial charge in [-0.15, -0.1) is 0 Å². The summed E-state index contributed by atoms with van der Waals surface area (Å²) in [5.41, 5.74) is 0. The second kappa shape index (κ2) is 4.75. The first-order valence-corrected chi connectivity index (χ1v) is 5.78. The van der Waals surface area contributed by atoms with E-state index in [0.29, 0.717) is 11.9 Å². The van der Waals surface area contributed by atoms with Crippen LogP contribution in [0.25, 0.3) is 0 Å². The third kappa shape index (κ3) is 2.41. The lowest BCUT2D eigenvalue weighted by atomic mass is 10.2. The standard InChI is InChI=1S/C9H17NOS/c1-3-4-9(11)10-5-6-12-7-8(10)2/h8H,3-7H2,1-2H3. The van der Waals surface area contributed by atoms with Gasteiger partial charge < -0.3 is 4.90 Å². The Balaban J connectivity index is 2.42. The average molecular weight is 187 g/mol. The van der Waals surface area contributed by atoms with Crippen molar-refractivity contribution >= 4 is 17.7 Å². The minimum atomic E-state index is 0.338. The van der Waals surface area contributed by atoms with E-state index in [4.69, 9.17) is 0 Å². The van der Waals surface area contributed by atoms with Crippen LogP contribution < -0.4 is 0 Å². The van der Waals surface area contributed by atoms with Crippen molar-refractivity contribution in [3.05, 3.63) is 0 Å². The predicted octanol–water partition coefficient (Wildman–Crippen LogP) is 1.75. The molecule has 1 atom stereocenters. The van der Waals surface area contributed by atoms with Crippen molar-refractivity contribution in [2.45, 2.75) is 32.7 Å². The smallest absolute Gasteiger partial charge is 0.222 e. The molecular weight excluding hydrogens is 170 g/mol. The molecule has 0 N–H and O–H groups in total. The van der Waals surface area contributed by atoms with Crippen LogP contribution in [0.1, 0.15) is 26.7 Å². The Hall–Kier alpha value is -0.180. The van der Waals surface area contributed by atoms with Gasteiger partial charge in [-0.1, -0.05) is 6.92 Å². The van der Waals surface area contributed by atoms with Gasteiger partial charge in [0.15, 0.2) is 0 Å². The zero-order valence-electron chi connectivity index (χ0n) is 7.88. The maximum Gasteiger partial charge on any atom is 0.222 e. The highest BCUT2D eigenvalue weighted by atomic mass is 32.2. The number of hydrogen-bond acceptors (Lipinski definition) is 2. The fraction of sp³-hybridized carbons (Fsp3) is 0.889. The summed E-state index contributed by atoms with van der Waals surface area (Å²) < 4.78 is 0. The van der Waals surface area contributed by atoms with Crippen LogP contribution in [0, 0.1) is 0 Å². The number of carbonyl (C=O) groups excluding carboxylic acids is 1. The van der Waals surface area contributed by atoms with Crippen molar-refractivity contribution in [3.63, 3.8) is 0 Å². The molecule has 0 bridgehead atoms. The summed E-state index contributed by atoms with van der Waals surface area (Å²) in [6.07, 6.45) is 1.68. The summed E-state index contributed by atoms with van der Waals surface area (Å²) >= 11 is 1.95. The van der Waals surface area contributed by atoms with Gasteiger partial charge >= 0.3 is 0 Å². The zero-order valence-corrected chi connectivity index (χ0v) is 8.69. The minimum absolute atomic E-state index is 0.338. The summed E-state index contributed by atoms with van der Waals surface area (Å²) in [6.45, 7) is 5.14. The zero-order chi connectivity index (χ0) is 8.97. The van der Waals surface area contributed by atoms with E-state index in [1.54, 1.807) is 0 Å². The SMILES string of the molecule is CCCC(=O)N1CCSCC1C. The molecule has 1 rings (SSSR count). The first kappa shape index (κ1) is 9.90. The van der Waals surface area contributed by atoms with E-state index in [9.17, 15) is 4.79 Å². The van der Waals surface area contributed by atoms with Crippen molar-refractivity contribution in [2.24, 2.45) is 0 Å². The lowest BCUT2D eigenvalue weighted by Crippen LogP contribution is -2.44. The van der Waals surface area contributed by atoms with Gasteiger partial charge in [-0.25, -0.2) is 0 Å². The molecule has 1 saturated heterocycles. The Morgan fingerprint density at radius 1 is 1.67 bits per heavy atom. The quantitative estimate of drug-likeness (QED) is 0.656. The average Bonchev–Trinajstić information content (AvgIpc) is 2.05. The monoisotopic (exact) mass is 187 g/mol. The van der Waals surface area contributed by atoms with Gasteiger partial charge in [-0.3, -0.25) is 4.79 Å². The van der Waals surface area contributed by atoms with Crippen LogP contribution in [0.15, 0.2) is 0 Å². The number of thioether (sulfide) groups is 1. The molecule has 0 aromatic carbocycles. The molecule has 0 aromatic rings. The third-order valence-corrected chi connectivity index (χ3v) is 3.34. The van der Waals surface area contributed by atoms with E-state index in [0.717, 1.165) is 30.9 Å². The van der Waals surface area contributed by atoms with Crippen LogP contribution in [0.2, 0.25) is 0 Å². The summed E-state index contributed by atoms with van der Waals surface area (Å²) in [5, 5.41) is 0. The molecule has 3 heteroatoms. The lowest BCUT2D eigenvalue weighted by molar-refractivity contribution is -0.132. The highest BCUT2D eigenvalue weighted by molar-refractivity contribution is 7.99. The maximum atomic E-state index is 11.5. The van der Waals surface area contributed by atoms with E-state index in [1.165, 1.54) is 0 Å². The Labute approximate surface area is 78.7 Å². The Morgan fingerprint density at radius 2 is 2.42 bits per heavy atom. The van der Waals surface area contributed by atoms with E-state index >= 15 is 0 Å². The van der Waals surface area contributed by atoms with Crippen LogP contribution in [0.4, 0.5) is 0 Å². The van der Waals surface area contributed by atoms with Crippen molar-refractivity contribution < 1.29 is 4.79 Å². The molecule has 0 spiro atoms. The molecule has 0 aromatic heterocycles. The molecule has 0 aliphatic carbocycles. The van der Waals surface area contributed by atoms with Crippen LogP contribution in [0.3, 0.4) is 0 Å². The number of hydrogen-bond donors (Lipinski definition) is 0. The Kier molecular flexibility index (Phi) is 3.92. The van der Waals surface area contributed by atoms with Gasteiger partial charge in [-0.2, -0.15) is 11.8 Å². The summed E-state index contributed by atoms with van der Waals surface area (Å²) in [6, 6.07) is 0.447. The number of amides is 1. The summed E-state index contributed by atoms with van der Waals surface area (Å²) in [5.74, 6) is 2.56. The Morgan fingerprint density at radius 3 is 3.00 bits per heavy atom. The minimum Gasteiger partial charge on any atom is -0.338 e. The van der Waals surface area contributed by atoms with Gasteiger partial charge in [0.05, 0.1) is 0 Å². The van der Waals surface area contributed by atoms with Gasteiger partial charge in [0, 0.05) is 30.5 Å². The largest absolute Gasteiger partial charge is 0.338 e. The van der Waals surface area contributed by atoms with Crippen LogP contribution in [-0.4, -0.2) is 34.9 Å². The third-order valence-electron chi connectivity index (χ3n) is 2.15. The molecule has 1 heterocycles. The highest BCUT2D eigenvalue weighted by Crippen LogP contribution is 2.16. The van der Waals surface area contributed by atoms with Crippen molar-refractivity contribution in [1.29, 1.82) is 0 Å².